The molecule has 31 heavy (non-hydrogen) atoms. The topological polar surface area (TPSA) is 52.4 Å². The number of para-hydroxylation sites is 1. The number of hydrogen-bond acceptors (Lipinski definition) is 4. The van der Waals surface area contributed by atoms with Gasteiger partial charge in [0.25, 0.3) is 0 Å². The third-order valence-electron chi connectivity index (χ3n) is 6.31. The molecule has 0 radical (unpaired) electrons. The van der Waals surface area contributed by atoms with Gasteiger partial charge in [-0.25, -0.2) is 5.43 Å². The van der Waals surface area contributed by atoms with Gasteiger partial charge in [0.1, 0.15) is 0 Å². The predicted molar refractivity (Wildman–Crippen MR) is 127 cm³/mol. The zero-order chi connectivity index (χ0) is 21.3. The Morgan fingerprint density at radius 3 is 2.23 bits per heavy atom. The molecule has 2 heterocycles. The molecule has 6 nitrogen and oxygen atoms in total. The first kappa shape index (κ1) is 21.4. The molecule has 2 N–H and O–H groups in total. The fourth-order valence-electron chi connectivity index (χ4n) is 4.42. The van der Waals surface area contributed by atoms with Gasteiger partial charge in [0, 0.05) is 24.5 Å². The van der Waals surface area contributed by atoms with Crippen molar-refractivity contribution in [1.82, 2.24) is 5.43 Å². The van der Waals surface area contributed by atoms with Crippen LogP contribution >= 0.6 is 0 Å². The Morgan fingerprint density at radius 2 is 1.52 bits per heavy atom. The van der Waals surface area contributed by atoms with E-state index in [4.69, 9.17) is 0 Å². The van der Waals surface area contributed by atoms with Crippen molar-refractivity contribution in [3.05, 3.63) is 60.2 Å². The predicted octanol–water partition coefficient (Wildman–Crippen LogP) is 1.92. The van der Waals surface area contributed by atoms with E-state index in [2.05, 4.69) is 74.9 Å². The maximum absolute atomic E-state index is 12.2. The SMILES string of the molecule is O=C(CC[NH+]1CCN(c2ccccc2)CC1)N/N=C\c1ccc(N2CCCCC2)cc1. The van der Waals surface area contributed by atoms with Crippen molar-refractivity contribution in [3.8, 4) is 0 Å². The first-order valence-electron chi connectivity index (χ1n) is 11.6. The normalized spacial score (nSPS) is 17.8. The van der Waals surface area contributed by atoms with E-state index in [9.17, 15) is 4.79 Å². The smallest absolute Gasteiger partial charge is 0.245 e. The van der Waals surface area contributed by atoms with Gasteiger partial charge in [-0.15, -0.1) is 0 Å². The number of quaternary nitrogens is 1. The van der Waals surface area contributed by atoms with Crippen LogP contribution in [0.4, 0.5) is 11.4 Å². The quantitative estimate of drug-likeness (QED) is 0.532. The van der Waals surface area contributed by atoms with Gasteiger partial charge >= 0.3 is 0 Å². The van der Waals surface area contributed by atoms with E-state index in [1.165, 1.54) is 35.5 Å². The Morgan fingerprint density at radius 1 is 0.871 bits per heavy atom. The number of hydrogen-bond donors (Lipinski definition) is 2. The minimum atomic E-state index is -0.0147. The van der Waals surface area contributed by atoms with Gasteiger partial charge in [-0.3, -0.25) is 4.79 Å². The van der Waals surface area contributed by atoms with E-state index in [0.29, 0.717) is 6.42 Å². The van der Waals surface area contributed by atoms with Crippen LogP contribution in [0, 0.1) is 0 Å². The molecule has 2 fully saturated rings. The standard InChI is InChI=1S/C25H33N5O/c31-25(13-16-28-17-19-30(20-18-28)23-7-3-1-4-8-23)27-26-21-22-9-11-24(12-10-22)29-14-5-2-6-15-29/h1,3-4,7-12,21H,2,5-6,13-20H2,(H,27,31)/p+1/b26-21-. The van der Waals surface area contributed by atoms with Crippen LogP contribution in [-0.2, 0) is 4.79 Å². The highest BCUT2D eigenvalue weighted by Gasteiger charge is 2.20. The van der Waals surface area contributed by atoms with E-state index >= 15 is 0 Å². The summed E-state index contributed by atoms with van der Waals surface area (Å²) in [4.78, 5) is 18.5. The second-order valence-corrected chi connectivity index (χ2v) is 8.51. The lowest BCUT2D eigenvalue weighted by Gasteiger charge is -2.33. The van der Waals surface area contributed by atoms with Gasteiger partial charge in [-0.1, -0.05) is 30.3 Å². The lowest BCUT2D eigenvalue weighted by molar-refractivity contribution is -0.900. The molecule has 6 heteroatoms. The first-order chi connectivity index (χ1) is 15.3. The average molecular weight is 421 g/mol. The van der Waals surface area contributed by atoms with Gasteiger partial charge in [0.15, 0.2) is 0 Å². The molecule has 2 saturated heterocycles. The van der Waals surface area contributed by atoms with Crippen LogP contribution < -0.4 is 20.1 Å². The summed E-state index contributed by atoms with van der Waals surface area (Å²) in [6.07, 6.45) is 6.13. The number of amides is 1. The van der Waals surface area contributed by atoms with Crippen molar-refractivity contribution in [3.63, 3.8) is 0 Å². The minimum Gasteiger partial charge on any atom is -0.372 e. The van der Waals surface area contributed by atoms with Gasteiger partial charge < -0.3 is 14.7 Å². The Bertz CT molecular complexity index is 838. The second-order valence-electron chi connectivity index (χ2n) is 8.51. The Kier molecular flexibility index (Phi) is 7.56. The summed E-state index contributed by atoms with van der Waals surface area (Å²) in [5.41, 5.74) is 6.25. The summed E-state index contributed by atoms with van der Waals surface area (Å²) in [7, 11) is 0. The van der Waals surface area contributed by atoms with Crippen molar-refractivity contribution >= 4 is 23.5 Å². The van der Waals surface area contributed by atoms with E-state index in [1.54, 1.807) is 6.21 Å². The zero-order valence-electron chi connectivity index (χ0n) is 18.3. The van der Waals surface area contributed by atoms with E-state index in [1.807, 2.05) is 0 Å². The summed E-state index contributed by atoms with van der Waals surface area (Å²) >= 11 is 0. The number of piperazine rings is 1. The van der Waals surface area contributed by atoms with Gasteiger partial charge in [-0.2, -0.15) is 5.10 Å². The summed E-state index contributed by atoms with van der Waals surface area (Å²) in [5, 5.41) is 4.14. The second kappa shape index (κ2) is 11.0. The molecule has 0 bridgehead atoms. The highest BCUT2D eigenvalue weighted by atomic mass is 16.2. The van der Waals surface area contributed by atoms with Crippen molar-refractivity contribution < 1.29 is 9.69 Å². The van der Waals surface area contributed by atoms with Crippen LogP contribution in [0.15, 0.2) is 59.7 Å². The van der Waals surface area contributed by atoms with Crippen LogP contribution in [0.2, 0.25) is 0 Å². The maximum Gasteiger partial charge on any atom is 0.245 e. The molecule has 2 aromatic carbocycles. The molecule has 2 aromatic rings. The van der Waals surface area contributed by atoms with E-state index < -0.39 is 0 Å². The third-order valence-corrected chi connectivity index (χ3v) is 6.31. The molecule has 0 atom stereocenters. The molecule has 0 spiro atoms. The molecule has 1 amide bonds. The number of piperidine rings is 1. The number of carbonyl (C=O) groups excluding carboxylic acids is 1. The monoisotopic (exact) mass is 420 g/mol. The molecule has 0 saturated carbocycles. The van der Waals surface area contributed by atoms with Crippen molar-refractivity contribution in [2.45, 2.75) is 25.7 Å². The third kappa shape index (κ3) is 6.31. The van der Waals surface area contributed by atoms with Crippen molar-refractivity contribution in [2.24, 2.45) is 5.10 Å². The number of nitrogens with zero attached hydrogens (tertiary/aromatic N) is 3. The number of nitrogens with one attached hydrogen (secondary N) is 2. The fourth-order valence-corrected chi connectivity index (χ4v) is 4.42. The van der Waals surface area contributed by atoms with Gasteiger partial charge in [0.05, 0.1) is 45.4 Å². The summed E-state index contributed by atoms with van der Waals surface area (Å²) in [6.45, 7) is 7.34. The number of anilines is 2. The Hall–Kier alpha value is -2.86. The molecule has 4 rings (SSSR count). The molecule has 2 aliphatic rings. The molecule has 0 aromatic heterocycles. The fraction of sp³-hybridized carbons (Fsp3) is 0.440. The molecule has 2 aliphatic heterocycles. The van der Waals surface area contributed by atoms with Crippen LogP contribution in [0.5, 0.6) is 0 Å². The highest BCUT2D eigenvalue weighted by molar-refractivity contribution is 5.82. The number of carbonyl (C=O) groups is 1. The number of hydrazone groups is 1. The molecule has 164 valence electrons. The van der Waals surface area contributed by atoms with Crippen LogP contribution in [-0.4, -0.2) is 57.9 Å². The van der Waals surface area contributed by atoms with Gasteiger partial charge in [-0.05, 0) is 49.1 Å². The lowest BCUT2D eigenvalue weighted by Crippen LogP contribution is -3.15. The summed E-state index contributed by atoms with van der Waals surface area (Å²) < 4.78 is 0. The molecular formula is C25H34N5O+. The van der Waals surface area contributed by atoms with Crippen LogP contribution in [0.25, 0.3) is 0 Å². The minimum absolute atomic E-state index is 0.0147. The Balaban J connectivity index is 1.15. The summed E-state index contributed by atoms with van der Waals surface area (Å²) in [6, 6.07) is 19.0. The lowest BCUT2D eigenvalue weighted by atomic mass is 10.1. The number of benzene rings is 2. The zero-order valence-corrected chi connectivity index (χ0v) is 18.3. The number of rotatable bonds is 7. The van der Waals surface area contributed by atoms with Crippen LogP contribution in [0.1, 0.15) is 31.2 Å². The van der Waals surface area contributed by atoms with Crippen molar-refractivity contribution in [1.29, 1.82) is 0 Å². The van der Waals surface area contributed by atoms with E-state index in [0.717, 1.165) is 51.4 Å². The molecule has 0 aliphatic carbocycles. The molecule has 0 unspecified atom stereocenters. The maximum atomic E-state index is 12.2. The van der Waals surface area contributed by atoms with Gasteiger partial charge in [0.2, 0.25) is 5.91 Å². The van der Waals surface area contributed by atoms with E-state index in [-0.39, 0.29) is 5.91 Å². The van der Waals surface area contributed by atoms with Crippen LogP contribution in [0.3, 0.4) is 0 Å². The largest absolute Gasteiger partial charge is 0.372 e. The van der Waals surface area contributed by atoms with Crippen molar-refractivity contribution in [2.75, 3.05) is 55.6 Å². The highest BCUT2D eigenvalue weighted by Crippen LogP contribution is 2.19. The first-order valence-corrected chi connectivity index (χ1v) is 11.6. The average Bonchev–Trinajstić information content (AvgIpc) is 2.85. The summed E-state index contributed by atoms with van der Waals surface area (Å²) in [5.74, 6) is -0.0147. The Labute approximate surface area is 185 Å². The molecular weight excluding hydrogens is 386 g/mol.